The van der Waals surface area contributed by atoms with Crippen molar-refractivity contribution in [3.05, 3.63) is 29.3 Å². The molecule has 0 aliphatic carbocycles. The van der Waals surface area contributed by atoms with Crippen LogP contribution in [0.4, 0.5) is 5.69 Å². The fraction of sp³-hybridized carbons (Fsp3) is 0.600. The van der Waals surface area contributed by atoms with E-state index in [4.69, 9.17) is 11.6 Å². The first kappa shape index (κ1) is 13.7. The lowest BCUT2D eigenvalue weighted by molar-refractivity contribution is 0.170. The highest BCUT2D eigenvalue weighted by Crippen LogP contribution is 2.27. The molecule has 2 rings (SSSR count). The minimum Gasteiger partial charge on any atom is -0.368 e. The molecular weight excluding hydrogens is 244 g/mol. The van der Waals surface area contributed by atoms with Crippen LogP contribution in [0.25, 0.3) is 0 Å². The van der Waals surface area contributed by atoms with Crippen molar-refractivity contribution in [3.63, 3.8) is 0 Å². The van der Waals surface area contributed by atoms with Crippen LogP contribution in [0, 0.1) is 6.92 Å². The second kappa shape index (κ2) is 5.50. The molecule has 1 aromatic rings. The maximum absolute atomic E-state index is 6.09. The van der Waals surface area contributed by atoms with Gasteiger partial charge in [0.2, 0.25) is 0 Å². The van der Waals surface area contributed by atoms with E-state index in [1.807, 2.05) is 0 Å². The Morgan fingerprint density at radius 1 is 1.22 bits per heavy atom. The molecule has 0 bridgehead atoms. The molecule has 0 amide bonds. The van der Waals surface area contributed by atoms with Gasteiger partial charge in [-0.3, -0.25) is 4.90 Å². The molecule has 0 N–H and O–H groups in total. The summed E-state index contributed by atoms with van der Waals surface area (Å²) in [5, 5.41) is 0. The number of hydrogen-bond acceptors (Lipinski definition) is 2. The molecule has 1 aliphatic heterocycles. The molecule has 1 heterocycles. The minimum atomic E-state index is 0.582. The lowest BCUT2D eigenvalue weighted by Crippen LogP contribution is -2.55. The van der Waals surface area contributed by atoms with E-state index in [0.717, 1.165) is 13.1 Å². The van der Waals surface area contributed by atoms with Crippen molar-refractivity contribution in [1.82, 2.24) is 4.90 Å². The Kier molecular flexibility index (Phi) is 4.18. The molecule has 1 fully saturated rings. The SMILES string of the molecule is Cc1ccc(N2CC(C)N(C)C(C)C2)c(CCl)c1. The first-order chi connectivity index (χ1) is 8.52. The molecule has 100 valence electrons. The molecule has 0 saturated carbocycles. The number of benzene rings is 1. The largest absolute Gasteiger partial charge is 0.368 e. The van der Waals surface area contributed by atoms with Gasteiger partial charge in [-0.15, -0.1) is 11.6 Å². The monoisotopic (exact) mass is 266 g/mol. The van der Waals surface area contributed by atoms with Gasteiger partial charge in [0.1, 0.15) is 0 Å². The van der Waals surface area contributed by atoms with Gasteiger partial charge < -0.3 is 4.90 Å². The maximum atomic E-state index is 6.09. The molecule has 2 unspecified atom stereocenters. The molecule has 18 heavy (non-hydrogen) atoms. The van der Waals surface area contributed by atoms with E-state index < -0.39 is 0 Å². The quantitative estimate of drug-likeness (QED) is 0.758. The molecule has 0 radical (unpaired) electrons. The summed E-state index contributed by atoms with van der Waals surface area (Å²) >= 11 is 6.09. The molecule has 1 aliphatic rings. The van der Waals surface area contributed by atoms with E-state index in [1.165, 1.54) is 16.8 Å². The van der Waals surface area contributed by atoms with E-state index in [-0.39, 0.29) is 0 Å². The van der Waals surface area contributed by atoms with Gasteiger partial charge in [0, 0.05) is 36.7 Å². The maximum Gasteiger partial charge on any atom is 0.0494 e. The summed E-state index contributed by atoms with van der Waals surface area (Å²) in [5.41, 5.74) is 3.84. The lowest BCUT2D eigenvalue weighted by Gasteiger charge is -2.44. The summed E-state index contributed by atoms with van der Waals surface area (Å²) < 4.78 is 0. The summed E-state index contributed by atoms with van der Waals surface area (Å²) in [6, 6.07) is 7.77. The lowest BCUT2D eigenvalue weighted by atomic mass is 10.0. The van der Waals surface area contributed by atoms with E-state index in [9.17, 15) is 0 Å². The van der Waals surface area contributed by atoms with E-state index in [1.54, 1.807) is 0 Å². The van der Waals surface area contributed by atoms with Crippen molar-refractivity contribution < 1.29 is 0 Å². The average molecular weight is 267 g/mol. The normalized spacial score (nSPS) is 25.5. The van der Waals surface area contributed by atoms with Gasteiger partial charge in [-0.2, -0.15) is 0 Å². The van der Waals surface area contributed by atoms with Crippen LogP contribution in [0.3, 0.4) is 0 Å². The summed E-state index contributed by atoms with van der Waals surface area (Å²) in [4.78, 5) is 4.93. The topological polar surface area (TPSA) is 6.48 Å². The van der Waals surface area contributed by atoms with Crippen LogP contribution >= 0.6 is 11.6 Å². The van der Waals surface area contributed by atoms with Crippen molar-refractivity contribution in [2.75, 3.05) is 25.0 Å². The van der Waals surface area contributed by atoms with Crippen LogP contribution in [0.2, 0.25) is 0 Å². The second-order valence-electron chi connectivity index (χ2n) is 5.53. The first-order valence-electron chi connectivity index (χ1n) is 6.65. The number of piperazine rings is 1. The molecule has 2 nitrogen and oxygen atoms in total. The second-order valence-corrected chi connectivity index (χ2v) is 5.80. The highest BCUT2D eigenvalue weighted by molar-refractivity contribution is 6.17. The highest BCUT2D eigenvalue weighted by Gasteiger charge is 2.27. The fourth-order valence-corrected chi connectivity index (χ4v) is 2.95. The Morgan fingerprint density at radius 3 is 2.39 bits per heavy atom. The Bertz CT molecular complexity index is 407. The third-order valence-corrected chi connectivity index (χ3v) is 4.37. The van der Waals surface area contributed by atoms with Crippen molar-refractivity contribution in [1.29, 1.82) is 0 Å². The first-order valence-corrected chi connectivity index (χ1v) is 7.18. The average Bonchev–Trinajstić information content (AvgIpc) is 2.35. The van der Waals surface area contributed by atoms with E-state index in [2.05, 4.69) is 55.8 Å². The number of likely N-dealkylation sites (N-methyl/N-ethyl adjacent to an activating group) is 1. The third-order valence-electron chi connectivity index (χ3n) is 4.08. The Balaban J connectivity index is 2.26. The van der Waals surface area contributed by atoms with Crippen molar-refractivity contribution in [3.8, 4) is 0 Å². The molecule has 1 aromatic carbocycles. The number of hydrogen-bond donors (Lipinski definition) is 0. The minimum absolute atomic E-state index is 0.582. The van der Waals surface area contributed by atoms with Crippen molar-refractivity contribution in [2.24, 2.45) is 0 Å². The highest BCUT2D eigenvalue weighted by atomic mass is 35.5. The van der Waals surface area contributed by atoms with Crippen LogP contribution < -0.4 is 4.90 Å². The zero-order chi connectivity index (χ0) is 13.3. The summed E-state index contributed by atoms with van der Waals surface area (Å²) in [6.45, 7) is 8.85. The Labute approximate surface area is 116 Å². The molecule has 2 atom stereocenters. The van der Waals surface area contributed by atoms with Gasteiger partial charge >= 0.3 is 0 Å². The summed E-state index contributed by atoms with van der Waals surface area (Å²) in [7, 11) is 2.21. The number of nitrogens with zero attached hydrogens (tertiary/aromatic N) is 2. The molecule has 3 heteroatoms. The van der Waals surface area contributed by atoms with Gasteiger partial charge in [-0.05, 0) is 39.4 Å². The fourth-order valence-electron chi connectivity index (χ4n) is 2.73. The zero-order valence-corrected chi connectivity index (χ0v) is 12.5. The number of alkyl halides is 1. The van der Waals surface area contributed by atoms with Gasteiger partial charge in [-0.25, -0.2) is 0 Å². The van der Waals surface area contributed by atoms with Crippen LogP contribution in [0.5, 0.6) is 0 Å². The van der Waals surface area contributed by atoms with Gasteiger partial charge in [0.05, 0.1) is 0 Å². The summed E-state index contributed by atoms with van der Waals surface area (Å²) in [5.74, 6) is 0.589. The van der Waals surface area contributed by atoms with E-state index in [0.29, 0.717) is 18.0 Å². The number of anilines is 1. The molecule has 0 spiro atoms. The third kappa shape index (κ3) is 2.65. The number of aryl methyl sites for hydroxylation is 1. The van der Waals surface area contributed by atoms with Crippen LogP contribution in [-0.4, -0.2) is 37.1 Å². The van der Waals surface area contributed by atoms with Crippen molar-refractivity contribution >= 4 is 17.3 Å². The van der Waals surface area contributed by atoms with Gasteiger partial charge in [-0.1, -0.05) is 17.7 Å². The number of halogens is 1. The smallest absolute Gasteiger partial charge is 0.0494 e. The van der Waals surface area contributed by atoms with Crippen LogP contribution in [0.15, 0.2) is 18.2 Å². The number of rotatable bonds is 2. The standard InChI is InChI=1S/C15H23ClN2/c1-11-5-6-15(14(7-11)8-16)18-9-12(2)17(4)13(3)10-18/h5-7,12-13H,8-10H2,1-4H3. The molecular formula is C15H23ClN2. The predicted molar refractivity (Wildman–Crippen MR) is 79.6 cm³/mol. The van der Waals surface area contributed by atoms with Crippen LogP contribution in [-0.2, 0) is 5.88 Å². The Morgan fingerprint density at radius 2 is 1.83 bits per heavy atom. The van der Waals surface area contributed by atoms with Crippen molar-refractivity contribution in [2.45, 2.75) is 38.7 Å². The Hall–Kier alpha value is -0.730. The van der Waals surface area contributed by atoms with Gasteiger partial charge in [0.15, 0.2) is 0 Å². The molecule has 0 aromatic heterocycles. The van der Waals surface area contributed by atoms with Gasteiger partial charge in [0.25, 0.3) is 0 Å². The van der Waals surface area contributed by atoms with Crippen LogP contribution in [0.1, 0.15) is 25.0 Å². The predicted octanol–water partition coefficient (Wildman–Crippen LogP) is 3.26. The molecule has 1 saturated heterocycles. The van der Waals surface area contributed by atoms with E-state index >= 15 is 0 Å². The zero-order valence-electron chi connectivity index (χ0n) is 11.8. The summed E-state index contributed by atoms with van der Waals surface area (Å²) in [6.07, 6.45) is 0.